The molecule has 0 saturated heterocycles. The van der Waals surface area contributed by atoms with Gasteiger partial charge < -0.3 is 5.32 Å². The zero-order valence-electron chi connectivity index (χ0n) is 17.2. The average molecular weight is 465 g/mol. The number of sulfonamides is 1. The lowest BCUT2D eigenvalue weighted by atomic mass is 9.94. The molecule has 0 aliphatic heterocycles. The summed E-state index contributed by atoms with van der Waals surface area (Å²) in [6.45, 7) is 1.84. The molecule has 0 unspecified atom stereocenters. The number of anilines is 2. The third kappa shape index (κ3) is 6.42. The van der Waals surface area contributed by atoms with Crippen molar-refractivity contribution in [2.24, 2.45) is 5.92 Å². The van der Waals surface area contributed by atoms with E-state index in [0.29, 0.717) is 16.9 Å². The second kappa shape index (κ2) is 9.67. The van der Waals surface area contributed by atoms with Gasteiger partial charge in [-0.3, -0.25) is 19.7 Å². The summed E-state index contributed by atoms with van der Waals surface area (Å²) < 4.78 is 24.6. The highest BCUT2D eigenvalue weighted by atomic mass is 32.2. The molecule has 0 bridgehead atoms. The Labute approximate surface area is 184 Å². The van der Waals surface area contributed by atoms with Crippen molar-refractivity contribution < 1.29 is 22.8 Å². The molecule has 0 atom stereocenters. The second-order valence-corrected chi connectivity index (χ2v) is 10.2. The lowest BCUT2D eigenvalue weighted by Crippen LogP contribution is -2.30. The Balaban J connectivity index is 1.65. The molecule has 11 heteroatoms. The third-order valence-corrected chi connectivity index (χ3v) is 6.38. The van der Waals surface area contributed by atoms with Crippen LogP contribution in [0.15, 0.2) is 23.6 Å². The van der Waals surface area contributed by atoms with Gasteiger partial charge >= 0.3 is 11.8 Å². The summed E-state index contributed by atoms with van der Waals surface area (Å²) in [6.07, 6.45) is 4.73. The Morgan fingerprint density at radius 3 is 2.48 bits per heavy atom. The minimum absolute atomic E-state index is 0.0140. The lowest BCUT2D eigenvalue weighted by Gasteiger charge is -2.14. The summed E-state index contributed by atoms with van der Waals surface area (Å²) in [6, 6.07) is 5.12. The van der Waals surface area contributed by atoms with Gasteiger partial charge in [-0.25, -0.2) is 18.1 Å². The molecule has 3 N–H and O–H groups in total. The number of rotatable bonds is 7. The number of carbonyl (C=O) groups excluding carboxylic acids is 3. The molecule has 31 heavy (non-hydrogen) atoms. The number of hydrogen-bond donors (Lipinski definition) is 3. The number of thiazole rings is 1. The van der Waals surface area contributed by atoms with Crippen LogP contribution >= 0.6 is 11.3 Å². The number of hydrogen-bond acceptors (Lipinski definition) is 7. The molecular weight excluding hydrogens is 440 g/mol. The van der Waals surface area contributed by atoms with Crippen LogP contribution in [-0.2, 0) is 26.2 Å². The summed E-state index contributed by atoms with van der Waals surface area (Å²) in [4.78, 5) is 41.7. The summed E-state index contributed by atoms with van der Waals surface area (Å²) in [5, 5.41) is 6.65. The van der Waals surface area contributed by atoms with Gasteiger partial charge in [-0.15, -0.1) is 11.3 Å². The lowest BCUT2D eigenvalue weighted by molar-refractivity contribution is -0.133. The van der Waals surface area contributed by atoms with E-state index in [9.17, 15) is 22.8 Å². The van der Waals surface area contributed by atoms with Gasteiger partial charge in [0.05, 0.1) is 24.2 Å². The van der Waals surface area contributed by atoms with Crippen LogP contribution in [0.1, 0.15) is 47.3 Å². The molecule has 1 fully saturated rings. The van der Waals surface area contributed by atoms with E-state index < -0.39 is 21.8 Å². The number of Topliss-reactive ketones (excluding diaryl/α,β-unsaturated/α-hetero) is 1. The Morgan fingerprint density at radius 2 is 1.81 bits per heavy atom. The molecule has 2 aromatic rings. The van der Waals surface area contributed by atoms with E-state index in [4.69, 9.17) is 0 Å². The first-order valence-corrected chi connectivity index (χ1v) is 12.6. The van der Waals surface area contributed by atoms with Gasteiger partial charge in [0.25, 0.3) is 0 Å². The molecule has 1 aliphatic rings. The normalized spacial score (nSPS) is 14.4. The number of aromatic nitrogens is 1. The van der Waals surface area contributed by atoms with Gasteiger partial charge in [0.1, 0.15) is 0 Å². The van der Waals surface area contributed by atoms with E-state index in [2.05, 4.69) is 20.3 Å². The fourth-order valence-corrected chi connectivity index (χ4v) is 4.48. The average Bonchev–Trinajstić information content (AvgIpc) is 3.38. The van der Waals surface area contributed by atoms with E-state index >= 15 is 0 Å². The zero-order valence-corrected chi connectivity index (χ0v) is 18.9. The molecule has 1 heterocycles. The van der Waals surface area contributed by atoms with Crippen LogP contribution in [-0.4, -0.2) is 37.3 Å². The van der Waals surface area contributed by atoms with Crippen molar-refractivity contribution in [2.45, 2.75) is 39.2 Å². The maximum atomic E-state index is 12.9. The predicted octanol–water partition coefficient (Wildman–Crippen LogP) is 2.45. The van der Waals surface area contributed by atoms with E-state index in [1.54, 1.807) is 23.6 Å². The quantitative estimate of drug-likeness (QED) is 0.426. The van der Waals surface area contributed by atoms with E-state index in [1.807, 2.05) is 6.92 Å². The topological polar surface area (TPSA) is 134 Å². The first-order chi connectivity index (χ1) is 14.6. The molecule has 1 aliphatic carbocycles. The smallest absolute Gasteiger partial charge is 0.315 e. The Morgan fingerprint density at radius 1 is 1.13 bits per heavy atom. The molecule has 1 aromatic carbocycles. The van der Waals surface area contributed by atoms with Crippen LogP contribution < -0.4 is 15.4 Å². The van der Waals surface area contributed by atoms with Crippen molar-refractivity contribution in [3.8, 4) is 0 Å². The molecule has 0 radical (unpaired) electrons. The van der Waals surface area contributed by atoms with Crippen molar-refractivity contribution in [1.29, 1.82) is 0 Å². The first kappa shape index (κ1) is 23.0. The molecule has 166 valence electrons. The van der Waals surface area contributed by atoms with Crippen LogP contribution in [0, 0.1) is 12.8 Å². The van der Waals surface area contributed by atoms with Crippen LogP contribution in [0.5, 0.6) is 0 Å². The summed E-state index contributed by atoms with van der Waals surface area (Å²) in [5.74, 6) is -1.92. The minimum atomic E-state index is -3.37. The monoisotopic (exact) mass is 464 g/mol. The highest BCUT2D eigenvalue weighted by Crippen LogP contribution is 2.31. The maximum absolute atomic E-state index is 12.9. The minimum Gasteiger partial charge on any atom is -0.317 e. The fraction of sp³-hybridized carbons (Fsp3) is 0.400. The van der Waals surface area contributed by atoms with Gasteiger partial charge in [0.15, 0.2) is 10.9 Å². The Hall–Kier alpha value is -2.63. The first-order valence-electron chi connectivity index (χ1n) is 9.78. The third-order valence-electron chi connectivity index (χ3n) is 4.91. The second-order valence-electron chi connectivity index (χ2n) is 7.54. The number of benzene rings is 1. The zero-order chi connectivity index (χ0) is 22.6. The number of ketones is 1. The number of nitrogens with zero attached hydrogens (tertiary/aromatic N) is 1. The molecule has 9 nitrogen and oxygen atoms in total. The van der Waals surface area contributed by atoms with Crippen LogP contribution in [0.4, 0.5) is 10.8 Å². The molecule has 1 saturated carbocycles. The van der Waals surface area contributed by atoms with Crippen molar-refractivity contribution in [1.82, 2.24) is 9.71 Å². The standard InChI is InChI=1S/C20H24N4O5S2/c1-12-7-8-16(15(9-12)17(25)13-5-3-4-6-13)23-18(26)19(27)24-20-22-14(11-30-20)10-21-31(2,28)29/h7-9,11,13,21H,3-6,10H2,1-2H3,(H,23,26)(H,22,24,27). The number of amides is 2. The summed E-state index contributed by atoms with van der Waals surface area (Å²) >= 11 is 1.07. The molecule has 0 spiro atoms. The van der Waals surface area contributed by atoms with Gasteiger partial charge in [0, 0.05) is 16.9 Å². The fourth-order valence-electron chi connectivity index (χ4n) is 3.36. The van der Waals surface area contributed by atoms with E-state index in [0.717, 1.165) is 48.8 Å². The van der Waals surface area contributed by atoms with E-state index in [-0.39, 0.29) is 23.4 Å². The van der Waals surface area contributed by atoms with E-state index in [1.165, 1.54) is 0 Å². The SMILES string of the molecule is Cc1ccc(NC(=O)C(=O)Nc2nc(CNS(C)(=O)=O)cs2)c(C(=O)C2CCCC2)c1. The van der Waals surface area contributed by atoms with Crippen molar-refractivity contribution >= 4 is 49.8 Å². The summed E-state index contributed by atoms with van der Waals surface area (Å²) in [5.41, 5.74) is 2.02. The molecule has 1 aromatic heterocycles. The molecule has 2 amide bonds. The van der Waals surface area contributed by atoms with Crippen LogP contribution in [0.25, 0.3) is 0 Å². The molecular formula is C20H24N4O5S2. The molecule has 3 rings (SSSR count). The summed E-state index contributed by atoms with van der Waals surface area (Å²) in [7, 11) is -3.37. The van der Waals surface area contributed by atoms with Crippen molar-refractivity contribution in [3.63, 3.8) is 0 Å². The predicted molar refractivity (Wildman–Crippen MR) is 119 cm³/mol. The number of aryl methyl sites for hydroxylation is 1. The van der Waals surface area contributed by atoms with Gasteiger partial charge in [-0.1, -0.05) is 24.5 Å². The highest BCUT2D eigenvalue weighted by Gasteiger charge is 2.27. The highest BCUT2D eigenvalue weighted by molar-refractivity contribution is 7.88. The Bertz CT molecular complexity index is 1100. The van der Waals surface area contributed by atoms with Crippen LogP contribution in [0.2, 0.25) is 0 Å². The maximum Gasteiger partial charge on any atom is 0.315 e. The van der Waals surface area contributed by atoms with Crippen LogP contribution in [0.3, 0.4) is 0 Å². The largest absolute Gasteiger partial charge is 0.317 e. The van der Waals surface area contributed by atoms with Crippen molar-refractivity contribution in [2.75, 3.05) is 16.9 Å². The Kier molecular flexibility index (Phi) is 7.19. The number of carbonyl (C=O) groups is 3. The van der Waals surface area contributed by atoms with Gasteiger partial charge in [0.2, 0.25) is 10.0 Å². The van der Waals surface area contributed by atoms with Gasteiger partial charge in [-0.2, -0.15) is 0 Å². The van der Waals surface area contributed by atoms with Crippen molar-refractivity contribution in [3.05, 3.63) is 40.4 Å². The van der Waals surface area contributed by atoms with Gasteiger partial charge in [-0.05, 0) is 31.9 Å². The number of nitrogens with one attached hydrogen (secondary N) is 3.